The van der Waals surface area contributed by atoms with Crippen molar-refractivity contribution in [3.8, 4) is 0 Å². The highest BCUT2D eigenvalue weighted by atomic mass is 19.3. The van der Waals surface area contributed by atoms with Crippen LogP contribution >= 0.6 is 0 Å². The van der Waals surface area contributed by atoms with Crippen molar-refractivity contribution in [2.75, 3.05) is 25.5 Å². The molecule has 0 spiro atoms. The van der Waals surface area contributed by atoms with Crippen LogP contribution in [-0.2, 0) is 0 Å². The molecule has 1 aliphatic heterocycles. The number of hydrogen-bond acceptors (Lipinski definition) is 4. The largest absolute Gasteiger partial charge is 0.381 e. The fourth-order valence-corrected chi connectivity index (χ4v) is 3.58. The molecule has 3 N–H and O–H groups in total. The normalized spacial score (nSPS) is 16.5. The molecule has 1 aromatic heterocycles. The van der Waals surface area contributed by atoms with Gasteiger partial charge in [-0.05, 0) is 39.9 Å². The van der Waals surface area contributed by atoms with Crippen LogP contribution in [0.5, 0.6) is 0 Å². The quantitative estimate of drug-likeness (QED) is 0.667. The highest BCUT2D eigenvalue weighted by Gasteiger charge is 2.23. The van der Waals surface area contributed by atoms with Crippen LogP contribution in [0.3, 0.4) is 0 Å². The lowest BCUT2D eigenvalue weighted by Crippen LogP contribution is -2.37. The molecule has 1 unspecified atom stereocenters. The van der Waals surface area contributed by atoms with Crippen molar-refractivity contribution in [1.29, 1.82) is 0 Å². The number of alkyl halides is 2. The second-order valence-electron chi connectivity index (χ2n) is 7.59. The van der Waals surface area contributed by atoms with Crippen molar-refractivity contribution in [3.63, 3.8) is 0 Å². The first-order valence-corrected chi connectivity index (χ1v) is 9.81. The standard InChI is InChI=1S/C21H25F3N4O2/c1-12(14-4-3-5-15(19(14)22)20(23)24)26-21(30)16-11-25-18(29)10-17(16)27-13-6-8-28(2)9-7-13/h3-5,10-13,20H,6-9H2,1-2H3,(H,26,30)(H2,25,27,29). The van der Waals surface area contributed by atoms with Gasteiger partial charge in [-0.3, -0.25) is 9.59 Å². The Labute approximate surface area is 172 Å². The number of pyridine rings is 1. The number of halogens is 3. The molecule has 1 amide bonds. The lowest BCUT2D eigenvalue weighted by molar-refractivity contribution is 0.0939. The maximum absolute atomic E-state index is 14.4. The average molecular weight is 422 g/mol. The summed E-state index contributed by atoms with van der Waals surface area (Å²) in [6.07, 6.45) is 0.0873. The molecular formula is C21H25F3N4O2. The number of H-pyrrole nitrogens is 1. The Balaban J connectivity index is 1.78. The third kappa shape index (κ3) is 5.02. The van der Waals surface area contributed by atoms with Crippen LogP contribution in [0.1, 0.15) is 53.7 Å². The van der Waals surface area contributed by atoms with Crippen molar-refractivity contribution < 1.29 is 18.0 Å². The van der Waals surface area contributed by atoms with Crippen LogP contribution in [0.15, 0.2) is 35.3 Å². The van der Waals surface area contributed by atoms with E-state index in [0.29, 0.717) is 5.69 Å². The third-order valence-corrected chi connectivity index (χ3v) is 5.35. The second-order valence-corrected chi connectivity index (χ2v) is 7.59. The number of rotatable bonds is 6. The van der Waals surface area contributed by atoms with Crippen molar-refractivity contribution in [1.82, 2.24) is 15.2 Å². The first kappa shape index (κ1) is 21.9. The second kappa shape index (κ2) is 9.34. The first-order chi connectivity index (χ1) is 14.3. The predicted molar refractivity (Wildman–Crippen MR) is 108 cm³/mol. The summed E-state index contributed by atoms with van der Waals surface area (Å²) in [4.78, 5) is 29.3. The molecule has 3 rings (SSSR count). The van der Waals surface area contributed by atoms with E-state index in [-0.39, 0.29) is 22.7 Å². The van der Waals surface area contributed by atoms with Gasteiger partial charge >= 0.3 is 0 Å². The van der Waals surface area contributed by atoms with Gasteiger partial charge < -0.3 is 20.5 Å². The molecule has 1 atom stereocenters. The number of aromatic amines is 1. The summed E-state index contributed by atoms with van der Waals surface area (Å²) in [5.41, 5.74) is -0.506. The summed E-state index contributed by atoms with van der Waals surface area (Å²) in [6, 6.07) is 4.29. The van der Waals surface area contributed by atoms with Gasteiger partial charge in [0.05, 0.1) is 22.9 Å². The molecule has 1 fully saturated rings. The van der Waals surface area contributed by atoms with Crippen molar-refractivity contribution in [2.24, 2.45) is 0 Å². The number of benzene rings is 1. The molecule has 1 aliphatic rings. The first-order valence-electron chi connectivity index (χ1n) is 9.81. The summed E-state index contributed by atoms with van der Waals surface area (Å²) in [7, 11) is 2.03. The van der Waals surface area contributed by atoms with Crippen molar-refractivity contribution >= 4 is 11.6 Å². The number of nitrogens with one attached hydrogen (secondary N) is 3. The number of hydrogen-bond donors (Lipinski definition) is 3. The highest BCUT2D eigenvalue weighted by molar-refractivity contribution is 5.99. The fourth-order valence-electron chi connectivity index (χ4n) is 3.58. The molecule has 0 bridgehead atoms. The number of likely N-dealkylation sites (tertiary alicyclic amines) is 1. The van der Waals surface area contributed by atoms with E-state index in [4.69, 9.17) is 0 Å². The summed E-state index contributed by atoms with van der Waals surface area (Å²) >= 11 is 0. The molecule has 2 aromatic rings. The zero-order valence-electron chi connectivity index (χ0n) is 16.8. The average Bonchev–Trinajstić information content (AvgIpc) is 2.69. The number of amides is 1. The monoisotopic (exact) mass is 422 g/mol. The zero-order valence-corrected chi connectivity index (χ0v) is 16.8. The number of nitrogens with zero attached hydrogens (tertiary/aromatic N) is 1. The lowest BCUT2D eigenvalue weighted by Gasteiger charge is -2.30. The predicted octanol–water partition coefficient (Wildman–Crippen LogP) is 3.45. The molecular weight excluding hydrogens is 397 g/mol. The number of anilines is 1. The third-order valence-electron chi connectivity index (χ3n) is 5.35. The molecule has 1 saturated heterocycles. The van der Waals surface area contributed by atoms with Crippen molar-refractivity contribution in [2.45, 2.75) is 38.3 Å². The smallest absolute Gasteiger partial charge is 0.266 e. The number of piperidine rings is 1. The van der Waals surface area contributed by atoms with Crippen LogP contribution in [0.25, 0.3) is 0 Å². The minimum Gasteiger partial charge on any atom is -0.381 e. The van der Waals surface area contributed by atoms with Gasteiger partial charge in [-0.25, -0.2) is 13.2 Å². The summed E-state index contributed by atoms with van der Waals surface area (Å²) in [5.74, 6) is -1.58. The zero-order chi connectivity index (χ0) is 21.8. The van der Waals surface area contributed by atoms with E-state index in [2.05, 4.69) is 20.5 Å². The molecule has 30 heavy (non-hydrogen) atoms. The SMILES string of the molecule is CC(NC(=O)c1c[nH]c(=O)cc1NC1CCN(C)CC1)c1cccc(C(F)F)c1F. The molecule has 0 radical (unpaired) electrons. The molecule has 162 valence electrons. The fraction of sp³-hybridized carbons (Fsp3) is 0.429. The van der Waals surface area contributed by atoms with Gasteiger partial charge in [-0.1, -0.05) is 18.2 Å². The molecule has 1 aromatic carbocycles. The highest BCUT2D eigenvalue weighted by Crippen LogP contribution is 2.27. The van der Waals surface area contributed by atoms with E-state index < -0.39 is 29.8 Å². The Kier molecular flexibility index (Phi) is 6.81. The van der Waals surface area contributed by atoms with Crippen LogP contribution in [0, 0.1) is 5.82 Å². The van der Waals surface area contributed by atoms with E-state index in [9.17, 15) is 22.8 Å². The minimum atomic E-state index is -2.95. The van der Waals surface area contributed by atoms with Gasteiger partial charge in [0.15, 0.2) is 0 Å². The van der Waals surface area contributed by atoms with E-state index in [1.807, 2.05) is 7.05 Å². The Morgan fingerprint density at radius 3 is 2.57 bits per heavy atom. The summed E-state index contributed by atoms with van der Waals surface area (Å²) in [5, 5.41) is 5.89. The molecule has 0 saturated carbocycles. The molecule has 2 heterocycles. The van der Waals surface area contributed by atoms with E-state index in [0.717, 1.165) is 32.0 Å². The van der Waals surface area contributed by atoms with Crippen LogP contribution in [-0.4, -0.2) is 42.0 Å². The number of aromatic nitrogens is 1. The Morgan fingerprint density at radius 1 is 1.23 bits per heavy atom. The Hall–Kier alpha value is -2.81. The number of carbonyl (C=O) groups is 1. The lowest BCUT2D eigenvalue weighted by atomic mass is 10.0. The van der Waals surface area contributed by atoms with Crippen LogP contribution < -0.4 is 16.2 Å². The van der Waals surface area contributed by atoms with Gasteiger partial charge in [-0.15, -0.1) is 0 Å². The number of carbonyl (C=O) groups excluding carboxylic acids is 1. The van der Waals surface area contributed by atoms with Gasteiger partial charge in [-0.2, -0.15) is 0 Å². The topological polar surface area (TPSA) is 77.2 Å². The van der Waals surface area contributed by atoms with E-state index in [1.165, 1.54) is 31.3 Å². The molecule has 0 aliphatic carbocycles. The summed E-state index contributed by atoms with van der Waals surface area (Å²) < 4.78 is 40.3. The van der Waals surface area contributed by atoms with Gasteiger partial charge in [0.2, 0.25) is 5.56 Å². The summed E-state index contributed by atoms with van der Waals surface area (Å²) in [6.45, 7) is 3.32. The Morgan fingerprint density at radius 2 is 1.90 bits per heavy atom. The van der Waals surface area contributed by atoms with Crippen molar-refractivity contribution in [3.05, 3.63) is 63.3 Å². The van der Waals surface area contributed by atoms with E-state index in [1.54, 1.807) is 0 Å². The van der Waals surface area contributed by atoms with E-state index >= 15 is 0 Å². The molecule has 9 heteroatoms. The van der Waals surface area contributed by atoms with Gasteiger partial charge in [0.1, 0.15) is 5.82 Å². The molecule has 6 nitrogen and oxygen atoms in total. The van der Waals surface area contributed by atoms with Crippen LogP contribution in [0.4, 0.5) is 18.9 Å². The maximum Gasteiger partial charge on any atom is 0.266 e. The van der Waals surface area contributed by atoms with Gasteiger partial charge in [0, 0.05) is 23.9 Å². The maximum atomic E-state index is 14.4. The van der Waals surface area contributed by atoms with Gasteiger partial charge in [0.25, 0.3) is 12.3 Å². The van der Waals surface area contributed by atoms with Crippen LogP contribution in [0.2, 0.25) is 0 Å². The Bertz CT molecular complexity index is 956. The minimum absolute atomic E-state index is 0.0320.